The Morgan fingerprint density at radius 2 is 1.64 bits per heavy atom. The Morgan fingerprint density at radius 1 is 1.09 bits per heavy atom. The van der Waals surface area contributed by atoms with Crippen molar-refractivity contribution < 1.29 is 41.8 Å². The van der Waals surface area contributed by atoms with Gasteiger partial charge in [-0.25, -0.2) is 0 Å². The maximum absolute atomic E-state index is 10.9. The molecule has 0 saturated carbocycles. The molecule has 0 radical (unpaired) electrons. The predicted molar refractivity (Wildman–Crippen MR) is 70.1 cm³/mol. The normalized spacial score (nSPS) is 8.91. The number of fused-ring (bicyclic) bond motifs is 1. The number of aromatic carboxylic acids is 1. The van der Waals surface area contributed by atoms with Gasteiger partial charge in [0, 0.05) is 6.07 Å². The summed E-state index contributed by atoms with van der Waals surface area (Å²) in [4.78, 5) is 30.0. The molecular formula is C14H9CuNO6-. The monoisotopic (exact) mass is 350 g/mol. The van der Waals surface area contributed by atoms with E-state index in [0.717, 1.165) is 6.08 Å². The Kier molecular flexibility index (Phi) is 7.51. The third kappa shape index (κ3) is 4.69. The van der Waals surface area contributed by atoms with E-state index in [1.807, 2.05) is 0 Å². The molecule has 0 heterocycles. The van der Waals surface area contributed by atoms with Crippen molar-refractivity contribution >= 4 is 28.4 Å². The minimum atomic E-state index is -1.54. The van der Waals surface area contributed by atoms with E-state index in [0.29, 0.717) is 10.8 Å². The summed E-state index contributed by atoms with van der Waals surface area (Å²) in [6.07, 6.45) is 0.722. The zero-order chi connectivity index (χ0) is 16.0. The van der Waals surface area contributed by atoms with Crippen LogP contribution in [0.5, 0.6) is 0 Å². The summed E-state index contributed by atoms with van der Waals surface area (Å²) < 4.78 is 0. The number of carbonyl (C=O) groups is 2. The predicted octanol–water partition coefficient (Wildman–Crippen LogP) is 0.0313. The van der Waals surface area contributed by atoms with E-state index in [2.05, 4.69) is 6.58 Å². The Balaban J connectivity index is 0.000000644. The van der Waals surface area contributed by atoms with Crippen LogP contribution in [0.2, 0.25) is 0 Å². The number of carbonyl (C=O) groups excluding carboxylic acids is 2. The van der Waals surface area contributed by atoms with Gasteiger partial charge in [-0.05, 0) is 22.9 Å². The van der Waals surface area contributed by atoms with Crippen molar-refractivity contribution in [2.24, 2.45) is 0 Å². The molecule has 0 atom stereocenters. The van der Waals surface area contributed by atoms with Crippen molar-refractivity contribution in [1.29, 1.82) is 0 Å². The smallest absolute Gasteiger partial charge is 0.545 e. The number of rotatable bonds is 3. The van der Waals surface area contributed by atoms with Crippen LogP contribution in [-0.2, 0) is 21.9 Å². The first-order chi connectivity index (χ1) is 9.88. The van der Waals surface area contributed by atoms with E-state index in [4.69, 9.17) is 9.90 Å². The van der Waals surface area contributed by atoms with Crippen molar-refractivity contribution in [3.05, 3.63) is 64.7 Å². The van der Waals surface area contributed by atoms with Crippen LogP contribution in [0, 0.1) is 10.1 Å². The van der Waals surface area contributed by atoms with Gasteiger partial charge in [0.05, 0.1) is 22.4 Å². The van der Waals surface area contributed by atoms with E-state index in [-0.39, 0.29) is 22.6 Å². The van der Waals surface area contributed by atoms with Gasteiger partial charge in [-0.2, -0.15) is 0 Å². The molecule has 0 fully saturated rings. The summed E-state index contributed by atoms with van der Waals surface area (Å²) >= 11 is 0. The van der Waals surface area contributed by atoms with Crippen molar-refractivity contribution in [3.63, 3.8) is 0 Å². The Hall–Kier alpha value is -2.70. The molecule has 0 N–H and O–H groups in total. The molecule has 8 heteroatoms. The van der Waals surface area contributed by atoms with Crippen molar-refractivity contribution in [2.45, 2.75) is 0 Å². The molecule has 0 unspecified atom stereocenters. The second-order valence-corrected chi connectivity index (χ2v) is 3.75. The fourth-order valence-electron chi connectivity index (χ4n) is 1.63. The van der Waals surface area contributed by atoms with E-state index in [1.165, 1.54) is 18.2 Å². The summed E-state index contributed by atoms with van der Waals surface area (Å²) in [5.74, 6) is -2.77. The minimum Gasteiger partial charge on any atom is -0.545 e. The largest absolute Gasteiger partial charge is 1.00 e. The number of carboxylic acids is 2. The van der Waals surface area contributed by atoms with Crippen LogP contribution in [-0.4, -0.2) is 16.9 Å². The number of aliphatic carboxylic acids is 1. The second kappa shape index (κ2) is 8.56. The van der Waals surface area contributed by atoms with E-state index in [1.54, 1.807) is 18.2 Å². The number of nitrogens with zero attached hydrogens (tertiary/aromatic N) is 1. The van der Waals surface area contributed by atoms with E-state index >= 15 is 0 Å². The van der Waals surface area contributed by atoms with Crippen LogP contribution >= 0.6 is 0 Å². The maximum Gasteiger partial charge on any atom is 1.00 e. The van der Waals surface area contributed by atoms with Crippen LogP contribution in [0.15, 0.2) is 49.1 Å². The first-order valence-electron chi connectivity index (χ1n) is 5.59. The minimum absolute atomic E-state index is 0. The molecule has 0 aliphatic rings. The van der Waals surface area contributed by atoms with Gasteiger partial charge in [0.2, 0.25) is 0 Å². The summed E-state index contributed by atoms with van der Waals surface area (Å²) in [7, 11) is 0. The maximum atomic E-state index is 10.9. The topological polar surface area (TPSA) is 123 Å². The standard InChI is InChI=1S/C11H7NO4.C3H4O2.Cu/c13-11(14)10-8-4-2-1-3-7(8)5-6-9(10)12(15)16;1-2-3(4)5;/h1-6H,(H,13,14);2H,1H2,(H,4,5);/q;;+1/p-2. The Morgan fingerprint density at radius 3 is 2.09 bits per heavy atom. The first-order valence-corrected chi connectivity index (χ1v) is 5.59. The molecule has 0 aromatic heterocycles. The number of hydrogen-bond donors (Lipinski definition) is 0. The summed E-state index contributed by atoms with van der Waals surface area (Å²) in [6.45, 7) is 2.90. The number of hydrogen-bond acceptors (Lipinski definition) is 6. The molecule has 0 saturated heterocycles. The van der Waals surface area contributed by atoms with Crippen molar-refractivity contribution in [1.82, 2.24) is 0 Å². The zero-order valence-electron chi connectivity index (χ0n) is 10.9. The molecule has 0 bridgehead atoms. The second-order valence-electron chi connectivity index (χ2n) is 3.75. The van der Waals surface area contributed by atoms with Crippen molar-refractivity contribution in [3.8, 4) is 0 Å². The Bertz CT molecular complexity index is 728. The van der Waals surface area contributed by atoms with E-state index in [9.17, 15) is 20.0 Å². The molecule has 0 spiro atoms. The van der Waals surface area contributed by atoms with Crippen LogP contribution < -0.4 is 10.2 Å². The van der Waals surface area contributed by atoms with Gasteiger partial charge in [-0.3, -0.25) is 10.1 Å². The first kappa shape index (κ1) is 19.3. The number of carboxylic acid groups (broad SMARTS) is 2. The quantitative estimate of drug-likeness (QED) is 0.333. The number of benzene rings is 2. The molecule has 2 rings (SSSR count). The van der Waals surface area contributed by atoms with Crippen LogP contribution in [0.4, 0.5) is 5.69 Å². The summed E-state index contributed by atoms with van der Waals surface area (Å²) in [5, 5.41) is 31.7. The third-order valence-electron chi connectivity index (χ3n) is 2.47. The molecule has 2 aromatic rings. The summed E-state index contributed by atoms with van der Waals surface area (Å²) in [5.41, 5.74) is -0.818. The van der Waals surface area contributed by atoms with Crippen LogP contribution in [0.25, 0.3) is 10.8 Å². The molecule has 7 nitrogen and oxygen atoms in total. The fourth-order valence-corrected chi connectivity index (χ4v) is 1.63. The fraction of sp³-hybridized carbons (Fsp3) is 0. The molecule has 22 heavy (non-hydrogen) atoms. The molecule has 0 amide bonds. The zero-order valence-corrected chi connectivity index (χ0v) is 11.9. The van der Waals surface area contributed by atoms with Crippen LogP contribution in [0.3, 0.4) is 0 Å². The molecular weight excluding hydrogens is 342 g/mol. The van der Waals surface area contributed by atoms with Gasteiger partial charge in [-0.15, -0.1) is 0 Å². The molecule has 2 aromatic carbocycles. The van der Waals surface area contributed by atoms with Crippen LogP contribution in [0.1, 0.15) is 10.4 Å². The Labute approximate surface area is 135 Å². The van der Waals surface area contributed by atoms with Gasteiger partial charge < -0.3 is 19.8 Å². The van der Waals surface area contributed by atoms with E-state index < -0.39 is 22.5 Å². The summed E-state index contributed by atoms with van der Waals surface area (Å²) in [6, 6.07) is 9.25. The van der Waals surface area contributed by atoms with Gasteiger partial charge in [0.1, 0.15) is 0 Å². The average molecular weight is 351 g/mol. The van der Waals surface area contributed by atoms with Crippen molar-refractivity contribution in [2.75, 3.05) is 0 Å². The SMILES string of the molecule is C=CC(=O)[O-].O=C([O-])c1c([N+](=O)[O-])ccc2ccccc12.[Cu+]. The third-order valence-corrected chi connectivity index (χ3v) is 2.47. The van der Waals surface area contributed by atoms with Gasteiger partial charge in [-0.1, -0.05) is 30.8 Å². The van der Waals surface area contributed by atoms with Gasteiger partial charge in [0.25, 0.3) is 5.69 Å². The van der Waals surface area contributed by atoms with Gasteiger partial charge in [0.15, 0.2) is 0 Å². The molecule has 0 aliphatic heterocycles. The average Bonchev–Trinajstić information content (AvgIpc) is 2.46. The van der Waals surface area contributed by atoms with Gasteiger partial charge >= 0.3 is 17.1 Å². The molecule has 118 valence electrons. The number of nitro benzene ring substituents is 1. The molecule has 0 aliphatic carbocycles. The number of nitro groups is 1.